The second-order valence-electron chi connectivity index (χ2n) is 9.04. The summed E-state index contributed by atoms with van der Waals surface area (Å²) in [4.78, 5) is 15.3. The third-order valence-corrected chi connectivity index (χ3v) is 6.63. The minimum Gasteiger partial charge on any atom is -0.444 e. The van der Waals surface area contributed by atoms with Crippen molar-refractivity contribution in [1.82, 2.24) is 4.90 Å². The lowest BCUT2D eigenvalue weighted by Gasteiger charge is -2.49. The highest BCUT2D eigenvalue weighted by Crippen LogP contribution is 2.34. The molecule has 2 saturated heterocycles. The van der Waals surface area contributed by atoms with Crippen molar-refractivity contribution in [2.45, 2.75) is 81.6 Å². The van der Waals surface area contributed by atoms with Crippen LogP contribution in [0, 0.1) is 6.92 Å². The van der Waals surface area contributed by atoms with Gasteiger partial charge in [0.15, 0.2) is 5.79 Å². The van der Waals surface area contributed by atoms with Gasteiger partial charge in [0.25, 0.3) is 0 Å². The van der Waals surface area contributed by atoms with E-state index in [9.17, 15) is 9.00 Å². The second-order valence-corrected chi connectivity index (χ2v) is 10.8. The smallest absolute Gasteiger partial charge is 0.410 e. The molecule has 6 nitrogen and oxygen atoms in total. The Bertz CT molecular complexity index is 740. The van der Waals surface area contributed by atoms with Crippen LogP contribution >= 0.6 is 0 Å². The van der Waals surface area contributed by atoms with Crippen LogP contribution in [0.3, 0.4) is 0 Å². The molecule has 2 aliphatic heterocycles. The maximum Gasteiger partial charge on any atom is 0.410 e. The largest absolute Gasteiger partial charge is 0.444 e. The summed E-state index contributed by atoms with van der Waals surface area (Å²) in [5.41, 5.74) is 0.514. The van der Waals surface area contributed by atoms with Crippen LogP contribution in [-0.4, -0.2) is 57.1 Å². The Kier molecular flexibility index (Phi) is 5.90. The molecule has 4 atom stereocenters. The SMILES string of the molecule is Cc1ccc([S@](=O)[C@H]2C[C@H]3OC(C)(C)OC[C@@H]3N(C(=O)OC(C)(C)C)C2)cc1. The third kappa shape index (κ3) is 4.93. The topological polar surface area (TPSA) is 65.1 Å². The minimum atomic E-state index is -1.25. The van der Waals surface area contributed by atoms with Gasteiger partial charge < -0.3 is 14.2 Å². The summed E-state index contributed by atoms with van der Waals surface area (Å²) in [6, 6.07) is 7.46. The van der Waals surface area contributed by atoms with E-state index in [0.29, 0.717) is 19.6 Å². The molecule has 0 radical (unpaired) electrons. The molecule has 1 aromatic carbocycles. The second kappa shape index (κ2) is 7.76. The highest BCUT2D eigenvalue weighted by Gasteiger charge is 2.48. The lowest BCUT2D eigenvalue weighted by Crippen LogP contribution is -2.64. The van der Waals surface area contributed by atoms with E-state index in [4.69, 9.17) is 14.2 Å². The molecule has 1 amide bonds. The average Bonchev–Trinajstić information content (AvgIpc) is 2.58. The van der Waals surface area contributed by atoms with Crippen LogP contribution in [0.5, 0.6) is 0 Å². The van der Waals surface area contributed by atoms with Crippen molar-refractivity contribution in [3.8, 4) is 0 Å². The van der Waals surface area contributed by atoms with E-state index >= 15 is 0 Å². The van der Waals surface area contributed by atoms with E-state index < -0.39 is 28.3 Å². The summed E-state index contributed by atoms with van der Waals surface area (Å²) >= 11 is 0. The number of amides is 1. The maximum absolute atomic E-state index is 13.2. The van der Waals surface area contributed by atoms with Gasteiger partial charge in [-0.05, 0) is 60.1 Å². The van der Waals surface area contributed by atoms with Crippen LogP contribution < -0.4 is 0 Å². The molecular formula is C21H31NO5S. The highest BCUT2D eigenvalue weighted by atomic mass is 32.2. The number of ether oxygens (including phenoxy) is 3. The summed E-state index contributed by atoms with van der Waals surface area (Å²) in [6.07, 6.45) is -0.0542. The van der Waals surface area contributed by atoms with Gasteiger partial charge in [0.05, 0.1) is 34.8 Å². The molecule has 28 heavy (non-hydrogen) atoms. The molecule has 7 heteroatoms. The fraction of sp³-hybridized carbons (Fsp3) is 0.667. The summed E-state index contributed by atoms with van der Waals surface area (Å²) in [7, 11) is -1.25. The van der Waals surface area contributed by atoms with Gasteiger partial charge in [-0.2, -0.15) is 0 Å². The van der Waals surface area contributed by atoms with Crippen molar-refractivity contribution in [1.29, 1.82) is 0 Å². The summed E-state index contributed by atoms with van der Waals surface area (Å²) in [5, 5.41) is -0.231. The predicted octanol–water partition coefficient (Wildman–Crippen LogP) is 3.63. The standard InChI is InChI=1S/C21H31NO5S/c1-14-7-9-15(10-8-14)28(24)16-11-18-17(13-25-21(5,6)26-18)22(12-16)19(23)27-20(2,3)4/h7-10,16-18H,11-13H2,1-6H3/t16-,17-,18+,28-/m0/s1. The van der Waals surface area contributed by atoms with E-state index in [0.717, 1.165) is 10.5 Å². The van der Waals surface area contributed by atoms with Crippen LogP contribution in [0.25, 0.3) is 0 Å². The average molecular weight is 410 g/mol. The first kappa shape index (κ1) is 21.3. The van der Waals surface area contributed by atoms with Gasteiger partial charge in [-0.3, -0.25) is 9.11 Å². The van der Waals surface area contributed by atoms with Crippen LogP contribution in [0.1, 0.15) is 46.6 Å². The zero-order valence-corrected chi connectivity index (χ0v) is 18.4. The van der Waals surface area contributed by atoms with Gasteiger partial charge in [0, 0.05) is 11.4 Å². The summed E-state index contributed by atoms with van der Waals surface area (Å²) < 4.78 is 30.8. The fourth-order valence-electron chi connectivity index (χ4n) is 3.61. The first-order chi connectivity index (χ1) is 13.0. The van der Waals surface area contributed by atoms with E-state index in [1.165, 1.54) is 0 Å². The molecule has 0 spiro atoms. The Morgan fingerprint density at radius 3 is 2.50 bits per heavy atom. The molecule has 0 unspecified atom stereocenters. The van der Waals surface area contributed by atoms with Crippen LogP contribution in [-0.2, 0) is 25.0 Å². The minimum absolute atomic E-state index is 0.231. The van der Waals surface area contributed by atoms with Crippen molar-refractivity contribution in [3.63, 3.8) is 0 Å². The van der Waals surface area contributed by atoms with E-state index in [-0.39, 0.29) is 17.4 Å². The molecule has 0 bridgehead atoms. The molecule has 0 aliphatic carbocycles. The number of likely N-dealkylation sites (tertiary alicyclic amines) is 1. The number of rotatable bonds is 2. The number of carbonyl (C=O) groups is 1. The molecule has 156 valence electrons. The number of carbonyl (C=O) groups excluding carboxylic acids is 1. The summed E-state index contributed by atoms with van der Waals surface area (Å²) in [5.74, 6) is -0.728. The zero-order valence-electron chi connectivity index (χ0n) is 17.6. The fourth-order valence-corrected chi connectivity index (χ4v) is 5.05. The van der Waals surface area contributed by atoms with Crippen molar-refractivity contribution in [2.24, 2.45) is 0 Å². The van der Waals surface area contributed by atoms with Crippen LogP contribution in [0.4, 0.5) is 4.79 Å². The van der Waals surface area contributed by atoms with Crippen molar-refractivity contribution in [3.05, 3.63) is 29.8 Å². The Morgan fingerprint density at radius 1 is 1.25 bits per heavy atom. The van der Waals surface area contributed by atoms with Gasteiger partial charge >= 0.3 is 6.09 Å². The number of hydrogen-bond donors (Lipinski definition) is 0. The molecule has 0 saturated carbocycles. The molecule has 2 aliphatic rings. The van der Waals surface area contributed by atoms with Crippen molar-refractivity contribution < 1.29 is 23.2 Å². The van der Waals surface area contributed by atoms with Gasteiger partial charge in [-0.15, -0.1) is 0 Å². The Hall–Kier alpha value is -1.44. The summed E-state index contributed by atoms with van der Waals surface area (Å²) in [6.45, 7) is 12.0. The molecule has 1 aromatic rings. The van der Waals surface area contributed by atoms with Crippen LogP contribution in [0.15, 0.2) is 29.2 Å². The number of fused-ring (bicyclic) bond motifs is 1. The van der Waals surface area contributed by atoms with Gasteiger partial charge in [-0.1, -0.05) is 17.7 Å². The normalized spacial score (nSPS) is 28.4. The Labute approximate surface area is 170 Å². The van der Waals surface area contributed by atoms with E-state index in [1.807, 2.05) is 65.8 Å². The third-order valence-electron chi connectivity index (χ3n) is 4.95. The number of hydrogen-bond acceptors (Lipinski definition) is 5. The highest BCUT2D eigenvalue weighted by molar-refractivity contribution is 7.85. The first-order valence-electron chi connectivity index (χ1n) is 9.74. The molecule has 2 heterocycles. The number of aryl methyl sites for hydroxylation is 1. The van der Waals surface area contributed by atoms with Gasteiger partial charge in [0.2, 0.25) is 0 Å². The van der Waals surface area contributed by atoms with E-state index in [2.05, 4.69) is 0 Å². The molecule has 0 N–H and O–H groups in total. The monoisotopic (exact) mass is 409 g/mol. The van der Waals surface area contributed by atoms with E-state index in [1.54, 1.807) is 4.90 Å². The Balaban J connectivity index is 1.85. The quantitative estimate of drug-likeness (QED) is 0.746. The molecule has 2 fully saturated rings. The lowest BCUT2D eigenvalue weighted by molar-refractivity contribution is -0.297. The number of benzene rings is 1. The van der Waals surface area contributed by atoms with Crippen molar-refractivity contribution >= 4 is 16.9 Å². The Morgan fingerprint density at radius 2 is 1.89 bits per heavy atom. The number of nitrogens with zero attached hydrogens (tertiary/aromatic N) is 1. The number of piperidine rings is 1. The van der Waals surface area contributed by atoms with Gasteiger partial charge in [0.1, 0.15) is 5.60 Å². The molecule has 3 rings (SSSR count). The maximum atomic E-state index is 13.2. The first-order valence-corrected chi connectivity index (χ1v) is 11.0. The van der Waals surface area contributed by atoms with Gasteiger partial charge in [-0.25, -0.2) is 4.79 Å². The lowest BCUT2D eigenvalue weighted by atomic mass is 9.97. The molecular weight excluding hydrogens is 378 g/mol. The van der Waals surface area contributed by atoms with Crippen molar-refractivity contribution in [2.75, 3.05) is 13.2 Å². The van der Waals surface area contributed by atoms with Crippen LogP contribution in [0.2, 0.25) is 0 Å². The molecule has 0 aromatic heterocycles. The predicted molar refractivity (Wildman–Crippen MR) is 108 cm³/mol. The zero-order chi connectivity index (χ0) is 20.7.